The maximum Gasteiger partial charge on any atom is 0.377 e. The number of carbonyl (C=O) groups is 9. The first-order valence-electron chi connectivity index (χ1n) is 21.6. The van der Waals surface area contributed by atoms with E-state index >= 15 is 0 Å². The molecule has 0 aromatic carbocycles. The van der Waals surface area contributed by atoms with E-state index in [9.17, 15) is 99.3 Å². The van der Waals surface area contributed by atoms with Gasteiger partial charge >= 0.3 is 23.7 Å². The van der Waals surface area contributed by atoms with E-state index in [4.69, 9.17) is 23.7 Å². The average molecular weight is 1020 g/mol. The molecule has 15 unspecified atom stereocenters. The van der Waals surface area contributed by atoms with Crippen LogP contribution in [-0.4, -0.2) is 226 Å². The van der Waals surface area contributed by atoms with Gasteiger partial charge in [-0.1, -0.05) is 0 Å². The van der Waals surface area contributed by atoms with Crippen LogP contribution in [0.4, 0.5) is 0 Å². The van der Waals surface area contributed by atoms with Gasteiger partial charge in [0.2, 0.25) is 23.6 Å². The SMILES string of the molecule is CC(=O)NC1C(=CNNC(=O)CCN2C(=O)C=CC2=O)OC(OCC(CO)C(O)C2OC(OCC(CO)C(O)C3OC(O)(C(=O)O)CC(O)C3NC(C)=O)(C(=O)O)CC(O)C2NC(C)=O)(C(=O)O)CC1O. The second kappa shape index (κ2) is 24.0. The monoisotopic (exact) mass is 1020 g/mol. The quantitative estimate of drug-likeness (QED) is 0.0334. The highest BCUT2D eigenvalue weighted by Crippen LogP contribution is 2.38. The molecule has 4 rings (SSSR count). The molecule has 0 radical (unpaired) electrons. The predicted octanol–water partition coefficient (Wildman–Crippen LogP) is -8.33. The van der Waals surface area contributed by atoms with E-state index in [1.54, 1.807) is 0 Å². The highest BCUT2D eigenvalue weighted by molar-refractivity contribution is 6.13. The number of aliphatic hydroxyl groups excluding tert-OH is 7. The Labute approximate surface area is 401 Å². The fourth-order valence-electron chi connectivity index (χ4n) is 8.08. The first-order chi connectivity index (χ1) is 33.1. The summed E-state index contributed by atoms with van der Waals surface area (Å²) in [5.41, 5.74) is 4.45. The topological polar surface area (TPSA) is 486 Å². The van der Waals surface area contributed by atoms with Crippen LogP contribution in [0.15, 0.2) is 24.1 Å². The van der Waals surface area contributed by atoms with Crippen molar-refractivity contribution in [3.05, 3.63) is 24.1 Å². The lowest BCUT2D eigenvalue weighted by Crippen LogP contribution is -2.68. The Morgan fingerprint density at radius 3 is 1.65 bits per heavy atom. The number of aliphatic hydroxyl groups is 8. The summed E-state index contributed by atoms with van der Waals surface area (Å²) in [7, 11) is 0. The van der Waals surface area contributed by atoms with Crippen LogP contribution in [0.3, 0.4) is 0 Å². The summed E-state index contributed by atoms with van der Waals surface area (Å²) in [6, 6.07) is -4.87. The second-order valence-electron chi connectivity index (χ2n) is 17.1. The minimum absolute atomic E-state index is 0.323. The van der Waals surface area contributed by atoms with Gasteiger partial charge in [-0.25, -0.2) is 14.4 Å². The van der Waals surface area contributed by atoms with Gasteiger partial charge in [0.15, 0.2) is 0 Å². The van der Waals surface area contributed by atoms with Crippen molar-refractivity contribution in [2.24, 2.45) is 11.8 Å². The van der Waals surface area contributed by atoms with Crippen LogP contribution in [0.25, 0.3) is 0 Å². The number of amides is 6. The number of rotatable bonds is 23. The summed E-state index contributed by atoms with van der Waals surface area (Å²) in [5.74, 6) is -23.8. The van der Waals surface area contributed by atoms with E-state index in [1.807, 2.05) is 0 Å². The van der Waals surface area contributed by atoms with Gasteiger partial charge in [0.1, 0.15) is 24.0 Å². The molecule has 0 aromatic rings. The van der Waals surface area contributed by atoms with Crippen LogP contribution in [0.2, 0.25) is 0 Å². The summed E-state index contributed by atoms with van der Waals surface area (Å²) in [5, 5.41) is 125. The van der Waals surface area contributed by atoms with E-state index in [-0.39, 0.29) is 6.54 Å². The van der Waals surface area contributed by atoms with Crippen LogP contribution in [0, 0.1) is 11.8 Å². The van der Waals surface area contributed by atoms with Crippen molar-refractivity contribution in [3.63, 3.8) is 0 Å². The molecular formula is C40H58N6O25. The van der Waals surface area contributed by atoms with Crippen molar-refractivity contribution in [3.8, 4) is 0 Å². The van der Waals surface area contributed by atoms with Crippen molar-refractivity contribution in [1.29, 1.82) is 0 Å². The third-order valence-corrected chi connectivity index (χ3v) is 11.8. The number of hydrogen-bond acceptors (Lipinski definition) is 23. The van der Waals surface area contributed by atoms with Crippen molar-refractivity contribution in [1.82, 2.24) is 31.7 Å². The molecule has 4 aliphatic heterocycles. The minimum atomic E-state index is -3.13. The van der Waals surface area contributed by atoms with Gasteiger partial charge in [0, 0.05) is 70.6 Å². The van der Waals surface area contributed by atoms with Gasteiger partial charge in [-0.05, 0) is 0 Å². The molecule has 31 nitrogen and oxygen atoms in total. The Morgan fingerprint density at radius 1 is 0.718 bits per heavy atom. The zero-order valence-electron chi connectivity index (χ0n) is 38.1. The normalized spacial score (nSPS) is 32.9. The summed E-state index contributed by atoms with van der Waals surface area (Å²) in [6.07, 6.45) is -15.0. The average Bonchev–Trinajstić information content (AvgIpc) is 3.60. The Kier molecular flexibility index (Phi) is 19.4. The van der Waals surface area contributed by atoms with Crippen LogP contribution in [-0.2, 0) is 66.8 Å². The molecule has 3 fully saturated rings. The Bertz CT molecular complexity index is 2080. The highest BCUT2D eigenvalue weighted by Gasteiger charge is 2.59. The number of nitrogens with one attached hydrogen (secondary N) is 5. The fraction of sp³-hybridized carbons (Fsp3) is 0.675. The van der Waals surface area contributed by atoms with E-state index < -0.39 is 201 Å². The van der Waals surface area contributed by atoms with Crippen molar-refractivity contribution in [2.75, 3.05) is 33.0 Å². The summed E-state index contributed by atoms with van der Waals surface area (Å²) in [6.45, 7) is -1.77. The standard InChI is InChI=1S/C40H58N6O25/c1-16(49)42-28-22(53)9-39(36(62)63,69-24(28)11-41-45-25(55)6-7-46-26(56)4-5-27(46)57)67-14-20(13-48)32(59)34-30(44-18(3)51)23(54)10-40(71-34,37(64)65)68-15-19(12-47)31(58)33-29(43-17(2)50)21(52)8-38(66,70-33)35(60)61/h4-5,11,19-23,28-34,41,47-48,52-54,58-59,66H,6-10,12-15H2,1-3H3,(H,42,49)(H,43,50)(H,44,51)(H,45,55)(H,60,61)(H,62,63)(H,64,65). The molecule has 4 heterocycles. The van der Waals surface area contributed by atoms with Crippen molar-refractivity contribution in [2.45, 2.75) is 125 Å². The van der Waals surface area contributed by atoms with Crippen LogP contribution >= 0.6 is 0 Å². The van der Waals surface area contributed by atoms with Crippen LogP contribution < -0.4 is 26.8 Å². The molecule has 4 aliphatic rings. The molecule has 0 aliphatic carbocycles. The molecule has 0 saturated carbocycles. The molecule has 71 heavy (non-hydrogen) atoms. The number of ether oxygens (including phenoxy) is 5. The Hall–Kier alpha value is -5.97. The van der Waals surface area contributed by atoms with Gasteiger partial charge in [-0.3, -0.25) is 39.1 Å². The fourth-order valence-corrected chi connectivity index (χ4v) is 8.08. The summed E-state index contributed by atoms with van der Waals surface area (Å²) < 4.78 is 27.8. The summed E-state index contributed by atoms with van der Waals surface area (Å²) in [4.78, 5) is 111. The molecule has 398 valence electrons. The third kappa shape index (κ3) is 13.7. The number of carboxylic acid groups (broad SMARTS) is 3. The van der Waals surface area contributed by atoms with Crippen LogP contribution in [0.5, 0.6) is 0 Å². The molecule has 3 saturated heterocycles. The number of nitrogens with zero attached hydrogens (tertiary/aromatic N) is 1. The van der Waals surface area contributed by atoms with Crippen molar-refractivity contribution >= 4 is 53.4 Å². The van der Waals surface area contributed by atoms with E-state index in [0.717, 1.165) is 44.0 Å². The number of carboxylic acids is 3. The zero-order valence-corrected chi connectivity index (χ0v) is 38.1. The van der Waals surface area contributed by atoms with Gasteiger partial charge in [-0.15, -0.1) is 0 Å². The van der Waals surface area contributed by atoms with E-state index in [0.29, 0.717) is 0 Å². The maximum absolute atomic E-state index is 13.0. The lowest BCUT2D eigenvalue weighted by atomic mass is 9.85. The zero-order chi connectivity index (χ0) is 53.3. The lowest BCUT2D eigenvalue weighted by molar-refractivity contribution is -0.320. The molecule has 0 aromatic heterocycles. The molecule has 0 bridgehead atoms. The number of hydrogen-bond donors (Lipinski definition) is 16. The molecule has 6 amide bonds. The summed E-state index contributed by atoms with van der Waals surface area (Å²) >= 11 is 0. The van der Waals surface area contributed by atoms with Crippen molar-refractivity contribution < 1.29 is 123 Å². The first-order valence-corrected chi connectivity index (χ1v) is 21.6. The third-order valence-electron chi connectivity index (χ3n) is 11.8. The number of aliphatic carboxylic acids is 3. The number of hydrazine groups is 1. The number of imide groups is 1. The van der Waals surface area contributed by atoms with Gasteiger partial charge in [0.05, 0.1) is 81.7 Å². The first kappa shape index (κ1) is 57.6. The Morgan fingerprint density at radius 2 is 1.18 bits per heavy atom. The maximum atomic E-state index is 13.0. The smallest absolute Gasteiger partial charge is 0.377 e. The Balaban J connectivity index is 1.58. The van der Waals surface area contributed by atoms with E-state index in [2.05, 4.69) is 26.8 Å². The molecule has 31 heteroatoms. The lowest BCUT2D eigenvalue weighted by Gasteiger charge is -2.48. The number of carbonyl (C=O) groups excluding carboxylic acids is 6. The van der Waals surface area contributed by atoms with Gasteiger partial charge < -0.3 is 101 Å². The molecular weight excluding hydrogens is 964 g/mol. The minimum Gasteiger partial charge on any atom is -0.477 e. The highest BCUT2D eigenvalue weighted by atomic mass is 16.7. The predicted molar refractivity (Wildman–Crippen MR) is 224 cm³/mol. The van der Waals surface area contributed by atoms with Gasteiger partial charge in [-0.2, -0.15) is 0 Å². The van der Waals surface area contributed by atoms with E-state index in [1.165, 1.54) is 0 Å². The molecule has 0 spiro atoms. The molecule has 16 N–H and O–H groups in total. The second-order valence-corrected chi connectivity index (χ2v) is 17.1. The van der Waals surface area contributed by atoms with Gasteiger partial charge in [0.25, 0.3) is 23.4 Å². The molecule has 15 atom stereocenters. The largest absolute Gasteiger partial charge is 0.477 e. The van der Waals surface area contributed by atoms with Crippen LogP contribution in [0.1, 0.15) is 46.5 Å².